The highest BCUT2D eigenvalue weighted by Crippen LogP contribution is 2.53. The zero-order valence-corrected chi connectivity index (χ0v) is 28.1. The molecule has 7 aromatic carbocycles. The molecule has 1 aliphatic carbocycles. The number of aromatic nitrogens is 2. The first-order valence-electron chi connectivity index (χ1n) is 17.4. The van der Waals surface area contributed by atoms with Crippen LogP contribution in [0.4, 0.5) is 0 Å². The van der Waals surface area contributed by atoms with E-state index in [1.165, 1.54) is 77.2 Å². The average molecular weight is 639 g/mol. The van der Waals surface area contributed by atoms with Gasteiger partial charge < -0.3 is 4.40 Å². The SMILES string of the molecule is CC1(C)c2cc(-c3ccc(-c4cn5ccccc5n4)cc3)ccc2-c2cc3c(-c4ccccc4)c4ccccc4c(-c4ccccc4)c3cc21. The molecule has 2 heteroatoms. The Morgan fingerprint density at radius 1 is 0.440 bits per heavy atom. The molecule has 0 bridgehead atoms. The third-order valence-electron chi connectivity index (χ3n) is 10.8. The first-order valence-corrected chi connectivity index (χ1v) is 17.4. The number of hydrogen-bond donors (Lipinski definition) is 0. The highest BCUT2D eigenvalue weighted by molar-refractivity contribution is 6.22. The summed E-state index contributed by atoms with van der Waals surface area (Å²) in [5.74, 6) is 0. The van der Waals surface area contributed by atoms with E-state index in [0.29, 0.717) is 0 Å². The minimum absolute atomic E-state index is 0.169. The monoisotopic (exact) mass is 638 g/mol. The van der Waals surface area contributed by atoms with Crippen molar-refractivity contribution in [1.29, 1.82) is 0 Å². The molecule has 0 saturated heterocycles. The van der Waals surface area contributed by atoms with Crippen LogP contribution in [0, 0.1) is 0 Å². The van der Waals surface area contributed by atoms with E-state index in [1.54, 1.807) is 0 Å². The Balaban J connectivity index is 1.16. The van der Waals surface area contributed by atoms with Crippen LogP contribution in [0.3, 0.4) is 0 Å². The molecule has 0 unspecified atom stereocenters. The van der Waals surface area contributed by atoms with Crippen LogP contribution in [0.5, 0.6) is 0 Å². The van der Waals surface area contributed by atoms with E-state index < -0.39 is 0 Å². The maximum atomic E-state index is 4.83. The molecule has 0 spiro atoms. The van der Waals surface area contributed by atoms with Crippen molar-refractivity contribution in [2.24, 2.45) is 0 Å². The molecule has 9 aromatic rings. The van der Waals surface area contributed by atoms with E-state index in [-0.39, 0.29) is 5.41 Å². The van der Waals surface area contributed by atoms with E-state index in [1.807, 2.05) is 24.4 Å². The quantitative estimate of drug-likeness (QED) is 0.175. The fourth-order valence-corrected chi connectivity index (χ4v) is 8.32. The van der Waals surface area contributed by atoms with Crippen molar-refractivity contribution in [3.63, 3.8) is 0 Å². The van der Waals surface area contributed by atoms with Crippen LogP contribution in [-0.4, -0.2) is 9.38 Å². The first-order chi connectivity index (χ1) is 24.5. The van der Waals surface area contributed by atoms with Gasteiger partial charge in [-0.3, -0.25) is 0 Å². The van der Waals surface area contributed by atoms with Gasteiger partial charge in [-0.05, 0) is 108 Å². The predicted molar refractivity (Wildman–Crippen MR) is 210 cm³/mol. The van der Waals surface area contributed by atoms with Crippen molar-refractivity contribution in [3.8, 4) is 55.8 Å². The van der Waals surface area contributed by atoms with Crippen LogP contribution < -0.4 is 0 Å². The van der Waals surface area contributed by atoms with Gasteiger partial charge in [0.1, 0.15) is 5.65 Å². The van der Waals surface area contributed by atoms with Gasteiger partial charge in [0.15, 0.2) is 0 Å². The lowest BCUT2D eigenvalue weighted by Crippen LogP contribution is -2.15. The lowest BCUT2D eigenvalue weighted by atomic mass is 9.79. The Bertz CT molecular complexity index is 2720. The maximum Gasteiger partial charge on any atom is 0.137 e. The van der Waals surface area contributed by atoms with Crippen LogP contribution in [0.25, 0.3) is 83.0 Å². The fraction of sp³-hybridized carbons (Fsp3) is 0.0625. The summed E-state index contributed by atoms with van der Waals surface area (Å²) in [6.07, 6.45) is 4.14. The Morgan fingerprint density at radius 2 is 1.00 bits per heavy atom. The number of imidazole rings is 1. The van der Waals surface area contributed by atoms with Crippen molar-refractivity contribution in [3.05, 3.63) is 181 Å². The van der Waals surface area contributed by atoms with Crippen LogP contribution >= 0.6 is 0 Å². The number of pyridine rings is 1. The molecule has 2 nitrogen and oxygen atoms in total. The molecule has 236 valence electrons. The second-order valence-corrected chi connectivity index (χ2v) is 14.0. The third-order valence-corrected chi connectivity index (χ3v) is 10.8. The highest BCUT2D eigenvalue weighted by Gasteiger charge is 2.36. The number of hydrogen-bond acceptors (Lipinski definition) is 1. The van der Waals surface area contributed by atoms with Crippen molar-refractivity contribution >= 4 is 27.2 Å². The molecule has 0 amide bonds. The van der Waals surface area contributed by atoms with E-state index in [2.05, 4.69) is 164 Å². The van der Waals surface area contributed by atoms with Crippen LogP contribution in [0.2, 0.25) is 0 Å². The molecular formula is C48H34N2. The number of fused-ring (bicyclic) bond motifs is 6. The Labute approximate surface area is 292 Å². The summed E-state index contributed by atoms with van der Waals surface area (Å²) >= 11 is 0. The van der Waals surface area contributed by atoms with E-state index >= 15 is 0 Å². The zero-order chi connectivity index (χ0) is 33.4. The minimum Gasteiger partial charge on any atom is -0.306 e. The topological polar surface area (TPSA) is 17.3 Å². The van der Waals surface area contributed by atoms with Gasteiger partial charge in [0, 0.05) is 23.4 Å². The van der Waals surface area contributed by atoms with Crippen LogP contribution in [-0.2, 0) is 5.41 Å². The third kappa shape index (κ3) is 4.32. The molecule has 0 radical (unpaired) electrons. The van der Waals surface area contributed by atoms with Crippen LogP contribution in [0.15, 0.2) is 170 Å². The highest BCUT2D eigenvalue weighted by atomic mass is 15.0. The van der Waals surface area contributed by atoms with Gasteiger partial charge in [-0.2, -0.15) is 0 Å². The van der Waals surface area contributed by atoms with Gasteiger partial charge >= 0.3 is 0 Å². The molecule has 0 fully saturated rings. The summed E-state index contributed by atoms with van der Waals surface area (Å²) in [5.41, 5.74) is 15.8. The molecule has 0 atom stereocenters. The van der Waals surface area contributed by atoms with E-state index in [4.69, 9.17) is 4.98 Å². The van der Waals surface area contributed by atoms with Crippen molar-refractivity contribution in [2.75, 3.05) is 0 Å². The van der Waals surface area contributed by atoms with E-state index in [0.717, 1.165) is 16.9 Å². The molecule has 0 saturated carbocycles. The van der Waals surface area contributed by atoms with Gasteiger partial charge in [0.2, 0.25) is 0 Å². The first kappa shape index (κ1) is 28.7. The number of benzene rings is 7. The second kappa shape index (κ2) is 10.9. The summed E-state index contributed by atoms with van der Waals surface area (Å²) < 4.78 is 2.07. The van der Waals surface area contributed by atoms with Crippen molar-refractivity contribution in [2.45, 2.75) is 19.3 Å². The largest absolute Gasteiger partial charge is 0.306 e. The van der Waals surface area contributed by atoms with Gasteiger partial charge in [0.25, 0.3) is 0 Å². The number of nitrogens with zero attached hydrogens (tertiary/aromatic N) is 2. The van der Waals surface area contributed by atoms with E-state index in [9.17, 15) is 0 Å². The van der Waals surface area contributed by atoms with Gasteiger partial charge in [-0.15, -0.1) is 0 Å². The standard InChI is InChI=1S/C48H34N2/c1-48(2)42-27-35(31-20-22-32(23-21-31)44-30-50-26-12-11-19-45(50)49-44)24-25-36(42)39-28-40-41(29-43(39)48)47(34-15-7-4-8-16-34)38-18-10-9-17-37(38)46(40)33-13-5-3-6-14-33/h3-30H,1-2H3. The Kier molecular flexibility index (Phi) is 6.25. The summed E-state index contributed by atoms with van der Waals surface area (Å²) in [7, 11) is 0. The van der Waals surface area contributed by atoms with Crippen molar-refractivity contribution in [1.82, 2.24) is 9.38 Å². The van der Waals surface area contributed by atoms with Gasteiger partial charge in [-0.25, -0.2) is 4.98 Å². The Hall–Kier alpha value is -6.25. The molecule has 1 aliphatic rings. The summed E-state index contributed by atoms with van der Waals surface area (Å²) in [6.45, 7) is 4.78. The summed E-state index contributed by atoms with van der Waals surface area (Å²) in [4.78, 5) is 4.83. The van der Waals surface area contributed by atoms with Gasteiger partial charge in [-0.1, -0.05) is 141 Å². The Morgan fingerprint density at radius 3 is 1.66 bits per heavy atom. The molecule has 0 N–H and O–H groups in total. The van der Waals surface area contributed by atoms with Crippen molar-refractivity contribution < 1.29 is 0 Å². The summed E-state index contributed by atoms with van der Waals surface area (Å²) in [6, 6.07) is 57.8. The molecular weight excluding hydrogens is 605 g/mol. The second-order valence-electron chi connectivity index (χ2n) is 14.0. The maximum absolute atomic E-state index is 4.83. The molecule has 2 heterocycles. The predicted octanol–water partition coefficient (Wildman–Crippen LogP) is 12.6. The zero-order valence-electron chi connectivity index (χ0n) is 28.1. The fourth-order valence-electron chi connectivity index (χ4n) is 8.32. The van der Waals surface area contributed by atoms with Gasteiger partial charge in [0.05, 0.1) is 5.69 Å². The summed E-state index contributed by atoms with van der Waals surface area (Å²) in [5, 5.41) is 5.16. The molecule has 2 aromatic heterocycles. The normalized spacial score (nSPS) is 13.2. The molecule has 10 rings (SSSR count). The smallest absolute Gasteiger partial charge is 0.137 e. The molecule has 50 heavy (non-hydrogen) atoms. The number of rotatable bonds is 4. The average Bonchev–Trinajstić information content (AvgIpc) is 3.70. The molecule has 0 aliphatic heterocycles. The van der Waals surface area contributed by atoms with Crippen LogP contribution in [0.1, 0.15) is 25.0 Å². The lowest BCUT2D eigenvalue weighted by molar-refractivity contribution is 0.661. The lowest BCUT2D eigenvalue weighted by Gasteiger charge is -2.24. The minimum atomic E-state index is -0.169.